The van der Waals surface area contributed by atoms with E-state index in [0.717, 1.165) is 31.6 Å². The van der Waals surface area contributed by atoms with Crippen molar-refractivity contribution in [1.29, 1.82) is 0 Å². The van der Waals surface area contributed by atoms with Gasteiger partial charge in [0.05, 0.1) is 5.25 Å². The maximum Gasteiger partial charge on any atom is 0.277 e. The van der Waals surface area contributed by atoms with Crippen molar-refractivity contribution in [3.05, 3.63) is 5.89 Å². The van der Waals surface area contributed by atoms with Crippen LogP contribution in [0.5, 0.6) is 0 Å². The zero-order valence-electron chi connectivity index (χ0n) is 14.6. The molecule has 6 heteroatoms. The first-order valence-corrected chi connectivity index (χ1v) is 10.4. The van der Waals surface area contributed by atoms with Crippen molar-refractivity contribution in [1.82, 2.24) is 15.5 Å². The Morgan fingerprint density at radius 2 is 1.67 bits per heavy atom. The molecule has 0 aromatic carbocycles. The van der Waals surface area contributed by atoms with Crippen molar-refractivity contribution in [3.8, 4) is 0 Å². The van der Waals surface area contributed by atoms with Gasteiger partial charge in [-0.05, 0) is 32.6 Å². The van der Waals surface area contributed by atoms with E-state index in [1.807, 2.05) is 6.92 Å². The minimum absolute atomic E-state index is 0.0873. The molecule has 2 aliphatic rings. The highest BCUT2D eigenvalue weighted by molar-refractivity contribution is 8.00. The van der Waals surface area contributed by atoms with Crippen molar-refractivity contribution in [2.24, 2.45) is 0 Å². The van der Waals surface area contributed by atoms with Crippen LogP contribution >= 0.6 is 11.8 Å². The van der Waals surface area contributed by atoms with Gasteiger partial charge in [-0.25, -0.2) is 0 Å². The summed E-state index contributed by atoms with van der Waals surface area (Å²) in [5, 5.41) is 11.9. The van der Waals surface area contributed by atoms with E-state index < -0.39 is 0 Å². The van der Waals surface area contributed by atoms with Crippen LogP contribution in [0, 0.1) is 0 Å². The minimum atomic E-state index is -0.201. The van der Waals surface area contributed by atoms with E-state index >= 15 is 0 Å². The lowest BCUT2D eigenvalue weighted by Crippen LogP contribution is -2.39. The van der Waals surface area contributed by atoms with Gasteiger partial charge in [-0.2, -0.15) is 0 Å². The summed E-state index contributed by atoms with van der Waals surface area (Å²) in [5.41, 5.74) is 0. The summed E-state index contributed by atoms with van der Waals surface area (Å²) < 4.78 is 5.81. The molecule has 0 aliphatic heterocycles. The second kappa shape index (κ2) is 8.88. The Morgan fingerprint density at radius 3 is 2.38 bits per heavy atom. The van der Waals surface area contributed by atoms with Crippen LogP contribution in [0.2, 0.25) is 0 Å². The molecule has 5 nitrogen and oxygen atoms in total. The predicted octanol–water partition coefficient (Wildman–Crippen LogP) is 4.44. The van der Waals surface area contributed by atoms with Gasteiger partial charge in [0.2, 0.25) is 11.8 Å². The Hall–Kier alpha value is -1.04. The predicted molar refractivity (Wildman–Crippen MR) is 95.1 cm³/mol. The zero-order chi connectivity index (χ0) is 16.8. The first-order valence-electron chi connectivity index (χ1n) is 9.53. The quantitative estimate of drug-likeness (QED) is 0.627. The lowest BCUT2D eigenvalue weighted by molar-refractivity contribution is -0.121. The summed E-state index contributed by atoms with van der Waals surface area (Å²) in [6.07, 6.45) is 13.3. The smallest absolute Gasteiger partial charge is 0.277 e. The molecule has 1 aromatic heterocycles. The van der Waals surface area contributed by atoms with Crippen LogP contribution in [0.3, 0.4) is 0 Å². The van der Waals surface area contributed by atoms with Crippen LogP contribution in [0.25, 0.3) is 0 Å². The second-order valence-electron chi connectivity index (χ2n) is 7.20. The van der Waals surface area contributed by atoms with Crippen molar-refractivity contribution in [3.63, 3.8) is 0 Å². The molecule has 0 saturated heterocycles. The molecule has 0 radical (unpaired) electrons. The average molecular weight is 352 g/mol. The lowest BCUT2D eigenvalue weighted by atomic mass is 9.89. The highest BCUT2D eigenvalue weighted by atomic mass is 32.2. The number of amides is 1. The van der Waals surface area contributed by atoms with Gasteiger partial charge in [0.1, 0.15) is 0 Å². The molecule has 134 valence electrons. The van der Waals surface area contributed by atoms with Gasteiger partial charge in [0, 0.05) is 12.0 Å². The number of hydrogen-bond acceptors (Lipinski definition) is 5. The van der Waals surface area contributed by atoms with Gasteiger partial charge in [-0.1, -0.05) is 56.7 Å². The first-order chi connectivity index (χ1) is 11.7. The Morgan fingerprint density at radius 1 is 1.04 bits per heavy atom. The molecule has 2 aliphatic carbocycles. The van der Waals surface area contributed by atoms with Gasteiger partial charge in [-0.15, -0.1) is 10.2 Å². The van der Waals surface area contributed by atoms with Gasteiger partial charge < -0.3 is 9.73 Å². The molecule has 2 fully saturated rings. The summed E-state index contributed by atoms with van der Waals surface area (Å²) in [7, 11) is 0. The van der Waals surface area contributed by atoms with E-state index in [0.29, 0.717) is 17.2 Å². The molecule has 24 heavy (non-hydrogen) atoms. The van der Waals surface area contributed by atoms with E-state index in [-0.39, 0.29) is 11.2 Å². The maximum absolute atomic E-state index is 12.4. The van der Waals surface area contributed by atoms with Crippen molar-refractivity contribution in [2.45, 2.75) is 100.0 Å². The summed E-state index contributed by atoms with van der Waals surface area (Å²) >= 11 is 1.38. The Bertz CT molecular complexity index is 520. The topological polar surface area (TPSA) is 68.0 Å². The molecule has 1 N–H and O–H groups in total. The van der Waals surface area contributed by atoms with Crippen LogP contribution < -0.4 is 5.32 Å². The highest BCUT2D eigenvalue weighted by Crippen LogP contribution is 2.33. The molecular formula is C18H29N3O2S. The highest BCUT2D eigenvalue weighted by Gasteiger charge is 2.24. The number of carbonyl (C=O) groups excluding carboxylic acids is 1. The Labute approximate surface area is 148 Å². The number of nitrogens with one attached hydrogen (secondary N) is 1. The van der Waals surface area contributed by atoms with Crippen molar-refractivity contribution < 1.29 is 9.21 Å². The summed E-state index contributed by atoms with van der Waals surface area (Å²) in [4.78, 5) is 12.4. The minimum Gasteiger partial charge on any atom is -0.416 e. The standard InChI is InChI=1S/C18H29N3O2S/c1-13(16(22)19-15-11-7-2-3-8-12-15)24-18-21-20-17(23-18)14-9-5-4-6-10-14/h13-15H,2-12H2,1H3,(H,19,22). The van der Waals surface area contributed by atoms with E-state index in [9.17, 15) is 4.79 Å². The van der Waals surface area contributed by atoms with Gasteiger partial charge in [0.25, 0.3) is 5.22 Å². The fraction of sp³-hybridized carbons (Fsp3) is 0.833. The second-order valence-corrected chi connectivity index (χ2v) is 8.49. The zero-order valence-corrected chi connectivity index (χ0v) is 15.4. The lowest BCUT2D eigenvalue weighted by Gasteiger charge is -2.18. The molecule has 0 bridgehead atoms. The van der Waals surface area contributed by atoms with E-state index in [2.05, 4.69) is 15.5 Å². The third kappa shape index (κ3) is 4.98. The van der Waals surface area contributed by atoms with E-state index in [4.69, 9.17) is 4.42 Å². The molecule has 1 heterocycles. The summed E-state index contributed by atoms with van der Waals surface area (Å²) in [5.74, 6) is 1.26. The normalized spacial score (nSPS) is 22.0. The third-order valence-corrected chi connectivity index (χ3v) is 6.16. The number of thioether (sulfide) groups is 1. The van der Waals surface area contributed by atoms with Gasteiger partial charge in [-0.3, -0.25) is 4.79 Å². The van der Waals surface area contributed by atoms with E-state index in [1.54, 1.807) is 0 Å². The van der Waals surface area contributed by atoms with Crippen molar-refractivity contribution >= 4 is 17.7 Å². The van der Waals surface area contributed by atoms with Crippen molar-refractivity contribution in [2.75, 3.05) is 0 Å². The van der Waals surface area contributed by atoms with Gasteiger partial charge in [0.15, 0.2) is 0 Å². The monoisotopic (exact) mass is 351 g/mol. The molecule has 0 spiro atoms. The number of nitrogens with zero attached hydrogens (tertiary/aromatic N) is 2. The van der Waals surface area contributed by atoms with Crippen LogP contribution in [-0.4, -0.2) is 27.4 Å². The first kappa shape index (κ1) is 17.8. The average Bonchev–Trinajstić information content (AvgIpc) is 2.91. The molecule has 2 saturated carbocycles. The fourth-order valence-corrected chi connectivity index (χ4v) is 4.43. The SMILES string of the molecule is CC(Sc1nnc(C2CCCCC2)o1)C(=O)NC1CCCCCC1. The van der Waals surface area contributed by atoms with Gasteiger partial charge >= 0.3 is 0 Å². The number of aromatic nitrogens is 2. The maximum atomic E-state index is 12.4. The van der Waals surface area contributed by atoms with Crippen LogP contribution in [-0.2, 0) is 4.79 Å². The molecule has 1 unspecified atom stereocenters. The largest absolute Gasteiger partial charge is 0.416 e. The number of rotatable bonds is 5. The van der Waals surface area contributed by atoms with Crippen LogP contribution in [0.1, 0.15) is 89.4 Å². The third-order valence-electron chi connectivity index (χ3n) is 5.22. The summed E-state index contributed by atoms with van der Waals surface area (Å²) in [6.45, 7) is 1.92. The Balaban J connectivity index is 1.49. The number of carbonyl (C=O) groups is 1. The van der Waals surface area contributed by atoms with Crippen LogP contribution in [0.15, 0.2) is 9.64 Å². The number of hydrogen-bond donors (Lipinski definition) is 1. The van der Waals surface area contributed by atoms with E-state index in [1.165, 1.54) is 56.7 Å². The van der Waals surface area contributed by atoms with Crippen LogP contribution in [0.4, 0.5) is 0 Å². The molecule has 1 aromatic rings. The molecular weight excluding hydrogens is 322 g/mol. The Kier molecular flexibility index (Phi) is 6.58. The molecule has 1 atom stereocenters. The fourth-order valence-electron chi connectivity index (χ4n) is 3.73. The molecule has 3 rings (SSSR count). The summed E-state index contributed by atoms with van der Waals surface area (Å²) in [6, 6.07) is 0.337. The molecule has 1 amide bonds.